The molecule has 0 fully saturated rings. The van der Waals surface area contributed by atoms with Crippen LogP contribution in [0.5, 0.6) is 0 Å². The number of hydrogen-bond donors (Lipinski definition) is 2. The van der Waals surface area contributed by atoms with Crippen molar-refractivity contribution >= 4 is 5.91 Å². The number of amides is 1. The summed E-state index contributed by atoms with van der Waals surface area (Å²) in [6.45, 7) is 5.69. The quantitative estimate of drug-likeness (QED) is 0.845. The van der Waals surface area contributed by atoms with Gasteiger partial charge in [0.1, 0.15) is 5.82 Å². The van der Waals surface area contributed by atoms with Crippen LogP contribution in [0, 0.1) is 18.7 Å². The van der Waals surface area contributed by atoms with Gasteiger partial charge >= 0.3 is 0 Å². The Morgan fingerprint density at radius 3 is 2.72 bits per heavy atom. The van der Waals surface area contributed by atoms with Crippen LogP contribution < -0.4 is 5.32 Å². The van der Waals surface area contributed by atoms with Crippen molar-refractivity contribution in [2.75, 3.05) is 6.54 Å². The molecule has 1 amide bonds. The second-order valence-corrected chi connectivity index (χ2v) is 4.84. The number of carbonyl (C=O) groups is 1. The fourth-order valence-corrected chi connectivity index (χ4v) is 1.85. The molecule has 0 aliphatic rings. The van der Waals surface area contributed by atoms with Gasteiger partial charge in [-0.05, 0) is 37.8 Å². The van der Waals surface area contributed by atoms with Crippen molar-refractivity contribution in [3.8, 4) is 0 Å². The summed E-state index contributed by atoms with van der Waals surface area (Å²) in [4.78, 5) is 11.8. The second kappa shape index (κ2) is 6.50. The molecule has 18 heavy (non-hydrogen) atoms. The normalized spacial score (nSPS) is 14.1. The molecule has 0 aromatic heterocycles. The maximum Gasteiger partial charge on any atom is 0.254 e. The summed E-state index contributed by atoms with van der Waals surface area (Å²) in [5.74, 6) is -0.728. The van der Waals surface area contributed by atoms with Crippen molar-refractivity contribution in [3.05, 3.63) is 35.1 Å². The van der Waals surface area contributed by atoms with Crippen LogP contribution in [0.4, 0.5) is 4.39 Å². The standard InChI is InChI=1S/C14H20FNO2/c1-9(7-11(3)17)8-16-14(18)12-6-4-5-10(2)13(12)15/h4-6,9,11,17H,7-8H2,1-3H3,(H,16,18). The molecule has 0 aliphatic heterocycles. The van der Waals surface area contributed by atoms with Crippen LogP contribution in [0.25, 0.3) is 0 Å². The number of aryl methyl sites for hydroxylation is 1. The van der Waals surface area contributed by atoms with Gasteiger partial charge in [-0.3, -0.25) is 4.79 Å². The van der Waals surface area contributed by atoms with Crippen molar-refractivity contribution in [1.82, 2.24) is 5.32 Å². The van der Waals surface area contributed by atoms with Crippen molar-refractivity contribution in [3.63, 3.8) is 0 Å². The van der Waals surface area contributed by atoms with Gasteiger partial charge in [-0.2, -0.15) is 0 Å². The molecule has 0 radical (unpaired) electrons. The molecule has 2 N–H and O–H groups in total. The van der Waals surface area contributed by atoms with Crippen LogP contribution in [-0.2, 0) is 0 Å². The molecule has 4 heteroatoms. The summed E-state index contributed by atoms with van der Waals surface area (Å²) < 4.78 is 13.7. The Hall–Kier alpha value is -1.42. The van der Waals surface area contributed by atoms with Gasteiger partial charge in [0.05, 0.1) is 11.7 Å². The van der Waals surface area contributed by atoms with Crippen molar-refractivity contribution in [1.29, 1.82) is 0 Å². The Balaban J connectivity index is 2.58. The molecular formula is C14H20FNO2. The zero-order chi connectivity index (χ0) is 13.7. The van der Waals surface area contributed by atoms with Gasteiger partial charge in [0, 0.05) is 6.54 Å². The molecule has 1 aromatic carbocycles. The van der Waals surface area contributed by atoms with Gasteiger partial charge in [-0.1, -0.05) is 19.1 Å². The number of nitrogens with one attached hydrogen (secondary N) is 1. The largest absolute Gasteiger partial charge is 0.393 e. The summed E-state index contributed by atoms with van der Waals surface area (Å²) in [6.07, 6.45) is 0.212. The van der Waals surface area contributed by atoms with Gasteiger partial charge in [-0.15, -0.1) is 0 Å². The highest BCUT2D eigenvalue weighted by atomic mass is 19.1. The number of aliphatic hydroxyl groups is 1. The number of rotatable bonds is 5. The fraction of sp³-hybridized carbons (Fsp3) is 0.500. The van der Waals surface area contributed by atoms with E-state index >= 15 is 0 Å². The minimum absolute atomic E-state index is 0.0687. The van der Waals surface area contributed by atoms with Crippen LogP contribution in [0.1, 0.15) is 36.2 Å². The smallest absolute Gasteiger partial charge is 0.254 e. The summed E-state index contributed by atoms with van der Waals surface area (Å²) in [5, 5.41) is 11.9. The van der Waals surface area contributed by atoms with Crippen LogP contribution in [0.2, 0.25) is 0 Å². The predicted octanol–water partition coefficient (Wildman–Crippen LogP) is 2.27. The minimum atomic E-state index is -0.474. The van der Waals surface area contributed by atoms with E-state index in [2.05, 4.69) is 5.32 Å². The first kappa shape index (κ1) is 14.6. The number of benzene rings is 1. The number of carbonyl (C=O) groups excluding carboxylic acids is 1. The van der Waals surface area contributed by atoms with E-state index in [-0.39, 0.29) is 11.5 Å². The Kier molecular flexibility index (Phi) is 5.28. The molecule has 2 unspecified atom stereocenters. The predicted molar refractivity (Wildman–Crippen MR) is 68.9 cm³/mol. The monoisotopic (exact) mass is 253 g/mol. The number of halogens is 1. The Bertz CT molecular complexity index is 418. The molecule has 0 heterocycles. The van der Waals surface area contributed by atoms with E-state index in [1.165, 1.54) is 6.07 Å². The summed E-state index contributed by atoms with van der Waals surface area (Å²) in [5.41, 5.74) is 0.527. The van der Waals surface area contributed by atoms with Gasteiger partial charge < -0.3 is 10.4 Å². The lowest BCUT2D eigenvalue weighted by Crippen LogP contribution is -2.30. The van der Waals surface area contributed by atoms with Crippen molar-refractivity contribution < 1.29 is 14.3 Å². The molecule has 0 bridgehead atoms. The average molecular weight is 253 g/mol. The molecule has 2 atom stereocenters. The van der Waals surface area contributed by atoms with Crippen LogP contribution in [-0.4, -0.2) is 23.7 Å². The van der Waals surface area contributed by atoms with E-state index in [4.69, 9.17) is 0 Å². The van der Waals surface area contributed by atoms with E-state index in [0.717, 1.165) is 0 Å². The average Bonchev–Trinajstić information content (AvgIpc) is 2.29. The van der Waals surface area contributed by atoms with Gasteiger partial charge in [0.15, 0.2) is 0 Å². The van der Waals surface area contributed by atoms with Gasteiger partial charge in [0.25, 0.3) is 5.91 Å². The first-order chi connectivity index (χ1) is 8.41. The van der Waals surface area contributed by atoms with Gasteiger partial charge in [0.2, 0.25) is 0 Å². The van der Waals surface area contributed by atoms with Crippen LogP contribution in [0.3, 0.4) is 0 Å². The highest BCUT2D eigenvalue weighted by Crippen LogP contribution is 2.12. The zero-order valence-corrected chi connectivity index (χ0v) is 11.0. The fourth-order valence-electron chi connectivity index (χ4n) is 1.85. The van der Waals surface area contributed by atoms with Crippen molar-refractivity contribution in [2.24, 2.45) is 5.92 Å². The molecule has 1 aromatic rings. The Morgan fingerprint density at radius 1 is 1.44 bits per heavy atom. The SMILES string of the molecule is Cc1cccc(C(=O)NCC(C)CC(C)O)c1F. The summed E-state index contributed by atoms with van der Waals surface area (Å²) in [7, 11) is 0. The molecule has 1 rings (SSSR count). The topological polar surface area (TPSA) is 49.3 Å². The lowest BCUT2D eigenvalue weighted by atomic mass is 10.0. The third-order valence-electron chi connectivity index (χ3n) is 2.79. The maximum absolute atomic E-state index is 13.7. The zero-order valence-electron chi connectivity index (χ0n) is 11.0. The molecule has 0 spiro atoms. The first-order valence-electron chi connectivity index (χ1n) is 6.13. The van der Waals surface area contributed by atoms with Crippen LogP contribution >= 0.6 is 0 Å². The molecule has 3 nitrogen and oxygen atoms in total. The van der Waals surface area contributed by atoms with Crippen LogP contribution in [0.15, 0.2) is 18.2 Å². The summed E-state index contributed by atoms with van der Waals surface area (Å²) in [6, 6.07) is 4.76. The molecular weight excluding hydrogens is 233 g/mol. The maximum atomic E-state index is 13.7. The summed E-state index contributed by atoms with van der Waals surface area (Å²) >= 11 is 0. The van der Waals surface area contributed by atoms with E-state index in [1.807, 2.05) is 6.92 Å². The van der Waals surface area contributed by atoms with E-state index in [1.54, 1.807) is 26.0 Å². The van der Waals surface area contributed by atoms with Crippen molar-refractivity contribution in [2.45, 2.75) is 33.3 Å². The lowest BCUT2D eigenvalue weighted by molar-refractivity contribution is 0.0935. The number of aliphatic hydroxyl groups excluding tert-OH is 1. The minimum Gasteiger partial charge on any atom is -0.393 e. The third kappa shape index (κ3) is 4.11. The second-order valence-electron chi connectivity index (χ2n) is 4.84. The first-order valence-corrected chi connectivity index (χ1v) is 6.13. The highest BCUT2D eigenvalue weighted by Gasteiger charge is 2.14. The highest BCUT2D eigenvalue weighted by molar-refractivity contribution is 5.94. The van der Waals surface area contributed by atoms with E-state index < -0.39 is 17.8 Å². The Labute approximate surface area is 107 Å². The molecule has 0 saturated heterocycles. The molecule has 0 saturated carbocycles. The van der Waals surface area contributed by atoms with E-state index in [0.29, 0.717) is 18.5 Å². The lowest BCUT2D eigenvalue weighted by Gasteiger charge is -2.14. The van der Waals surface area contributed by atoms with Gasteiger partial charge in [-0.25, -0.2) is 4.39 Å². The third-order valence-corrected chi connectivity index (χ3v) is 2.79. The molecule has 100 valence electrons. The Morgan fingerprint density at radius 2 is 2.11 bits per heavy atom. The number of hydrogen-bond acceptors (Lipinski definition) is 2. The van der Waals surface area contributed by atoms with E-state index in [9.17, 15) is 14.3 Å². The molecule has 0 aliphatic carbocycles.